The fourth-order valence-electron chi connectivity index (χ4n) is 1.34. The molecule has 0 spiro atoms. The van der Waals surface area contributed by atoms with Gasteiger partial charge in [0.2, 0.25) is 0 Å². The highest BCUT2D eigenvalue weighted by atomic mass is 16.5. The van der Waals surface area contributed by atoms with Crippen LogP contribution in [0.25, 0.3) is 0 Å². The van der Waals surface area contributed by atoms with E-state index in [0.717, 1.165) is 18.8 Å². The van der Waals surface area contributed by atoms with Gasteiger partial charge in [-0.3, -0.25) is 0 Å². The Bertz CT molecular complexity index is 302. The summed E-state index contributed by atoms with van der Waals surface area (Å²) >= 11 is 0. The Morgan fingerprint density at radius 3 is 2.47 bits per heavy atom. The van der Waals surface area contributed by atoms with E-state index in [-0.39, 0.29) is 5.60 Å². The molecule has 0 aromatic heterocycles. The van der Waals surface area contributed by atoms with Gasteiger partial charge in [-0.05, 0) is 33.4 Å². The van der Waals surface area contributed by atoms with E-state index in [1.165, 1.54) is 5.56 Å². The topological polar surface area (TPSA) is 21.3 Å². The second-order valence-electron chi connectivity index (χ2n) is 4.60. The molecule has 84 valence electrons. The molecule has 1 N–H and O–H groups in total. The summed E-state index contributed by atoms with van der Waals surface area (Å²) in [5.74, 6) is 0.978. The van der Waals surface area contributed by atoms with E-state index in [0.29, 0.717) is 0 Å². The summed E-state index contributed by atoms with van der Waals surface area (Å²) in [4.78, 5) is 0. The summed E-state index contributed by atoms with van der Waals surface area (Å²) in [5.41, 5.74) is 1.08. The van der Waals surface area contributed by atoms with Crippen molar-refractivity contribution < 1.29 is 4.74 Å². The molecule has 0 heterocycles. The molecule has 0 atom stereocenters. The second-order valence-corrected chi connectivity index (χ2v) is 4.60. The fourth-order valence-corrected chi connectivity index (χ4v) is 1.34. The Labute approximate surface area is 92.6 Å². The lowest BCUT2D eigenvalue weighted by molar-refractivity contribution is 0.129. The highest BCUT2D eigenvalue weighted by Crippen LogP contribution is 2.22. The van der Waals surface area contributed by atoms with Gasteiger partial charge in [-0.15, -0.1) is 0 Å². The van der Waals surface area contributed by atoms with Crippen LogP contribution in [0.15, 0.2) is 24.3 Å². The number of rotatable bonds is 4. The molecule has 0 fully saturated rings. The van der Waals surface area contributed by atoms with Crippen LogP contribution in [0, 0.1) is 0 Å². The molecule has 0 aliphatic heterocycles. The van der Waals surface area contributed by atoms with Gasteiger partial charge in [-0.2, -0.15) is 0 Å². The van der Waals surface area contributed by atoms with E-state index < -0.39 is 0 Å². The molecule has 0 saturated carbocycles. The first-order valence-electron chi connectivity index (χ1n) is 5.50. The van der Waals surface area contributed by atoms with Gasteiger partial charge in [0, 0.05) is 12.1 Å². The average molecular weight is 207 g/mol. The van der Waals surface area contributed by atoms with Crippen molar-refractivity contribution in [2.45, 2.75) is 39.8 Å². The van der Waals surface area contributed by atoms with Gasteiger partial charge in [0.1, 0.15) is 11.4 Å². The van der Waals surface area contributed by atoms with Crippen molar-refractivity contribution >= 4 is 0 Å². The molecule has 1 rings (SSSR count). The van der Waals surface area contributed by atoms with Crippen LogP contribution >= 0.6 is 0 Å². The van der Waals surface area contributed by atoms with E-state index >= 15 is 0 Å². The zero-order chi connectivity index (χ0) is 11.3. The van der Waals surface area contributed by atoms with Crippen LogP contribution < -0.4 is 10.1 Å². The molecular formula is C13H21NO. The lowest BCUT2D eigenvalue weighted by Gasteiger charge is -2.23. The molecule has 15 heavy (non-hydrogen) atoms. The average Bonchev–Trinajstić information content (AvgIpc) is 2.14. The summed E-state index contributed by atoms with van der Waals surface area (Å²) in [5, 5.41) is 3.31. The van der Waals surface area contributed by atoms with Gasteiger partial charge in [0.05, 0.1) is 0 Å². The van der Waals surface area contributed by atoms with Gasteiger partial charge in [0.15, 0.2) is 0 Å². The SMILES string of the molecule is CCNCc1ccccc1OC(C)(C)C. The van der Waals surface area contributed by atoms with Crippen molar-refractivity contribution in [3.63, 3.8) is 0 Å². The molecule has 2 nitrogen and oxygen atoms in total. The zero-order valence-electron chi connectivity index (χ0n) is 10.1. The molecule has 0 unspecified atom stereocenters. The van der Waals surface area contributed by atoms with E-state index in [1.54, 1.807) is 0 Å². The summed E-state index contributed by atoms with van der Waals surface area (Å²) in [6, 6.07) is 8.18. The van der Waals surface area contributed by atoms with E-state index in [9.17, 15) is 0 Å². The van der Waals surface area contributed by atoms with Crippen LogP contribution in [0.4, 0.5) is 0 Å². The first kappa shape index (κ1) is 12.1. The Balaban J connectivity index is 2.77. The van der Waals surface area contributed by atoms with E-state index in [2.05, 4.69) is 39.1 Å². The van der Waals surface area contributed by atoms with Crippen LogP contribution in [0.1, 0.15) is 33.3 Å². The summed E-state index contributed by atoms with van der Waals surface area (Å²) in [6.45, 7) is 10.1. The van der Waals surface area contributed by atoms with Gasteiger partial charge in [0.25, 0.3) is 0 Å². The molecule has 1 aromatic carbocycles. The van der Waals surface area contributed by atoms with Gasteiger partial charge in [-0.1, -0.05) is 25.1 Å². The third-order valence-corrected chi connectivity index (χ3v) is 1.95. The fraction of sp³-hybridized carbons (Fsp3) is 0.538. The van der Waals surface area contributed by atoms with Gasteiger partial charge >= 0.3 is 0 Å². The van der Waals surface area contributed by atoms with Crippen LogP contribution in [-0.4, -0.2) is 12.1 Å². The lowest BCUT2D eigenvalue weighted by Crippen LogP contribution is -2.24. The minimum absolute atomic E-state index is 0.137. The molecule has 0 aliphatic rings. The zero-order valence-corrected chi connectivity index (χ0v) is 10.1. The molecule has 1 aromatic rings. The summed E-state index contributed by atoms with van der Waals surface area (Å²) < 4.78 is 5.89. The first-order valence-corrected chi connectivity index (χ1v) is 5.50. The molecule has 0 bridgehead atoms. The van der Waals surface area contributed by atoms with Crippen molar-refractivity contribution in [2.75, 3.05) is 6.54 Å². The molecule has 0 saturated heterocycles. The van der Waals surface area contributed by atoms with Crippen molar-refractivity contribution in [3.8, 4) is 5.75 Å². The van der Waals surface area contributed by atoms with Crippen LogP contribution in [0.2, 0.25) is 0 Å². The van der Waals surface area contributed by atoms with Crippen LogP contribution in [0.5, 0.6) is 5.75 Å². The Morgan fingerprint density at radius 1 is 1.20 bits per heavy atom. The van der Waals surface area contributed by atoms with Crippen molar-refractivity contribution in [3.05, 3.63) is 29.8 Å². The Kier molecular flexibility index (Phi) is 4.15. The van der Waals surface area contributed by atoms with E-state index in [4.69, 9.17) is 4.74 Å². The predicted molar refractivity (Wildman–Crippen MR) is 64.2 cm³/mol. The highest BCUT2D eigenvalue weighted by molar-refractivity contribution is 5.33. The van der Waals surface area contributed by atoms with E-state index in [1.807, 2.05) is 18.2 Å². The number of ether oxygens (including phenoxy) is 1. The van der Waals surface area contributed by atoms with Crippen molar-refractivity contribution in [1.29, 1.82) is 0 Å². The third kappa shape index (κ3) is 4.34. The van der Waals surface area contributed by atoms with Gasteiger partial charge < -0.3 is 10.1 Å². The number of benzene rings is 1. The maximum absolute atomic E-state index is 5.89. The van der Waals surface area contributed by atoms with Crippen LogP contribution in [-0.2, 0) is 6.54 Å². The summed E-state index contributed by atoms with van der Waals surface area (Å²) in [7, 11) is 0. The number of hydrogen-bond acceptors (Lipinski definition) is 2. The summed E-state index contributed by atoms with van der Waals surface area (Å²) in [6.07, 6.45) is 0. The molecule has 2 heteroatoms. The Hall–Kier alpha value is -1.02. The first-order chi connectivity index (χ1) is 7.03. The number of para-hydroxylation sites is 1. The Morgan fingerprint density at radius 2 is 1.87 bits per heavy atom. The minimum Gasteiger partial charge on any atom is -0.488 e. The molecular weight excluding hydrogens is 186 g/mol. The number of hydrogen-bond donors (Lipinski definition) is 1. The molecule has 0 aliphatic carbocycles. The quantitative estimate of drug-likeness (QED) is 0.819. The minimum atomic E-state index is -0.137. The maximum atomic E-state index is 5.89. The normalized spacial score (nSPS) is 11.5. The lowest BCUT2D eigenvalue weighted by atomic mass is 10.1. The van der Waals surface area contributed by atoms with Crippen molar-refractivity contribution in [1.82, 2.24) is 5.32 Å². The van der Waals surface area contributed by atoms with Crippen molar-refractivity contribution in [2.24, 2.45) is 0 Å². The third-order valence-electron chi connectivity index (χ3n) is 1.95. The highest BCUT2D eigenvalue weighted by Gasteiger charge is 2.13. The smallest absolute Gasteiger partial charge is 0.124 e. The largest absolute Gasteiger partial charge is 0.488 e. The standard InChI is InChI=1S/C13H21NO/c1-5-14-10-11-8-6-7-9-12(11)15-13(2,3)4/h6-9,14H,5,10H2,1-4H3. The van der Waals surface area contributed by atoms with Gasteiger partial charge in [-0.25, -0.2) is 0 Å². The maximum Gasteiger partial charge on any atom is 0.124 e. The molecule has 0 amide bonds. The second kappa shape index (κ2) is 5.17. The van der Waals surface area contributed by atoms with Crippen LogP contribution in [0.3, 0.4) is 0 Å². The molecule has 0 radical (unpaired) electrons. The number of nitrogens with one attached hydrogen (secondary N) is 1. The predicted octanol–water partition coefficient (Wildman–Crippen LogP) is 2.97. The monoisotopic (exact) mass is 207 g/mol.